The number of rotatable bonds is 2. The Morgan fingerprint density at radius 1 is 1.07 bits per heavy atom. The molecule has 0 N–H and O–H groups in total. The van der Waals surface area contributed by atoms with E-state index in [1.54, 1.807) is 6.07 Å². The van der Waals surface area contributed by atoms with Crippen molar-refractivity contribution in [3.05, 3.63) is 51.7 Å². The number of anilines is 1. The van der Waals surface area contributed by atoms with Gasteiger partial charge in [0.2, 0.25) is 11.9 Å². The van der Waals surface area contributed by atoms with Crippen molar-refractivity contribution in [1.29, 1.82) is 0 Å². The highest BCUT2D eigenvalue weighted by Gasteiger charge is 2.39. The third-order valence-corrected chi connectivity index (χ3v) is 6.82. The molecule has 30 heavy (non-hydrogen) atoms. The Morgan fingerprint density at radius 2 is 1.87 bits per heavy atom. The molecule has 2 saturated heterocycles. The van der Waals surface area contributed by atoms with E-state index in [-0.39, 0.29) is 23.3 Å². The van der Waals surface area contributed by atoms with Gasteiger partial charge in [-0.15, -0.1) is 0 Å². The van der Waals surface area contributed by atoms with E-state index in [9.17, 15) is 9.59 Å². The fraction of sp³-hybridized carbons (Fsp3) is 0.565. The van der Waals surface area contributed by atoms with Crippen molar-refractivity contribution in [2.45, 2.75) is 45.6 Å². The van der Waals surface area contributed by atoms with Crippen LogP contribution in [-0.4, -0.2) is 51.5 Å². The minimum absolute atomic E-state index is 0.0139. The van der Waals surface area contributed by atoms with Crippen LogP contribution in [0.5, 0.6) is 0 Å². The van der Waals surface area contributed by atoms with Crippen LogP contribution >= 0.6 is 0 Å². The summed E-state index contributed by atoms with van der Waals surface area (Å²) < 4.78 is 1.92. The maximum Gasteiger partial charge on any atom is 0.250 e. The SMILES string of the molecule is Cc1cc(C)nc(N2CCC[C@@H](C(=O)N3C[C@@H]4C[C@H](C3)c3cccc(=O)n3C4)C2)n1. The molecule has 3 aliphatic heterocycles. The van der Waals surface area contributed by atoms with Gasteiger partial charge < -0.3 is 14.4 Å². The molecule has 3 atom stereocenters. The predicted molar refractivity (Wildman–Crippen MR) is 115 cm³/mol. The van der Waals surface area contributed by atoms with E-state index in [0.717, 1.165) is 68.5 Å². The zero-order valence-electron chi connectivity index (χ0n) is 17.8. The van der Waals surface area contributed by atoms with Gasteiger partial charge in [0, 0.05) is 61.8 Å². The normalized spacial score (nSPS) is 25.7. The fourth-order valence-corrected chi connectivity index (χ4v) is 5.54. The number of amides is 1. The first kappa shape index (κ1) is 19.3. The van der Waals surface area contributed by atoms with Crippen LogP contribution in [0.2, 0.25) is 0 Å². The second-order valence-electron chi connectivity index (χ2n) is 9.18. The van der Waals surface area contributed by atoms with Crippen molar-refractivity contribution in [3.8, 4) is 0 Å². The molecule has 5 heterocycles. The number of carbonyl (C=O) groups is 1. The monoisotopic (exact) mass is 407 g/mol. The van der Waals surface area contributed by atoms with Crippen LogP contribution in [0.3, 0.4) is 0 Å². The molecule has 2 aromatic rings. The molecule has 2 fully saturated rings. The number of likely N-dealkylation sites (tertiary alicyclic amines) is 1. The highest BCUT2D eigenvalue weighted by atomic mass is 16.2. The zero-order valence-corrected chi connectivity index (χ0v) is 17.8. The van der Waals surface area contributed by atoms with E-state index in [1.807, 2.05) is 30.5 Å². The van der Waals surface area contributed by atoms with Crippen molar-refractivity contribution in [2.75, 3.05) is 31.1 Å². The van der Waals surface area contributed by atoms with Crippen LogP contribution in [-0.2, 0) is 11.3 Å². The van der Waals surface area contributed by atoms with Crippen molar-refractivity contribution < 1.29 is 4.79 Å². The summed E-state index contributed by atoms with van der Waals surface area (Å²) in [7, 11) is 0. The van der Waals surface area contributed by atoms with E-state index in [2.05, 4.69) is 25.8 Å². The molecule has 0 unspecified atom stereocenters. The summed E-state index contributed by atoms with van der Waals surface area (Å²) in [6, 6.07) is 7.51. The molecular weight excluding hydrogens is 378 g/mol. The van der Waals surface area contributed by atoms with Crippen molar-refractivity contribution in [2.24, 2.45) is 11.8 Å². The van der Waals surface area contributed by atoms with E-state index in [4.69, 9.17) is 0 Å². The topological polar surface area (TPSA) is 71.3 Å². The summed E-state index contributed by atoms with van der Waals surface area (Å²) in [5.41, 5.74) is 3.09. The first-order valence-electron chi connectivity index (χ1n) is 11.0. The Balaban J connectivity index is 1.32. The average Bonchev–Trinajstić information content (AvgIpc) is 2.73. The first-order chi connectivity index (χ1) is 14.5. The van der Waals surface area contributed by atoms with Gasteiger partial charge in [-0.25, -0.2) is 9.97 Å². The number of nitrogens with zero attached hydrogens (tertiary/aromatic N) is 5. The quantitative estimate of drug-likeness (QED) is 0.763. The molecular formula is C23H29N5O2. The van der Waals surface area contributed by atoms with E-state index >= 15 is 0 Å². The lowest BCUT2D eigenvalue weighted by Gasteiger charge is -2.44. The molecule has 2 aromatic heterocycles. The molecule has 1 amide bonds. The summed E-state index contributed by atoms with van der Waals surface area (Å²) in [5, 5.41) is 0. The van der Waals surface area contributed by atoms with Crippen LogP contribution in [0.1, 0.15) is 42.3 Å². The summed E-state index contributed by atoms with van der Waals surface area (Å²) in [6.07, 6.45) is 2.97. The molecule has 0 saturated carbocycles. The number of piperidine rings is 2. The molecule has 7 nitrogen and oxygen atoms in total. The van der Waals surface area contributed by atoms with Gasteiger partial charge in [-0.3, -0.25) is 9.59 Å². The Kier molecular flexibility index (Phi) is 4.83. The number of aromatic nitrogens is 3. The third kappa shape index (κ3) is 3.50. The first-order valence-corrected chi connectivity index (χ1v) is 11.0. The van der Waals surface area contributed by atoms with Gasteiger partial charge in [0.1, 0.15) is 0 Å². The maximum atomic E-state index is 13.5. The smallest absolute Gasteiger partial charge is 0.250 e. The second kappa shape index (κ2) is 7.52. The number of hydrogen-bond acceptors (Lipinski definition) is 5. The fourth-order valence-electron chi connectivity index (χ4n) is 5.54. The molecule has 7 heteroatoms. The second-order valence-corrected chi connectivity index (χ2v) is 9.18. The van der Waals surface area contributed by atoms with Gasteiger partial charge in [-0.05, 0) is 51.2 Å². The van der Waals surface area contributed by atoms with E-state index in [0.29, 0.717) is 12.5 Å². The highest BCUT2D eigenvalue weighted by Crippen LogP contribution is 2.36. The summed E-state index contributed by atoms with van der Waals surface area (Å²) in [6.45, 7) is 7.75. The Morgan fingerprint density at radius 3 is 2.67 bits per heavy atom. The molecule has 5 rings (SSSR count). The zero-order chi connectivity index (χ0) is 20.8. The van der Waals surface area contributed by atoms with Gasteiger partial charge in [-0.2, -0.15) is 0 Å². The van der Waals surface area contributed by atoms with Crippen molar-refractivity contribution in [1.82, 2.24) is 19.4 Å². The van der Waals surface area contributed by atoms with Crippen molar-refractivity contribution in [3.63, 3.8) is 0 Å². The minimum atomic E-state index is -0.0139. The van der Waals surface area contributed by atoms with Gasteiger partial charge >= 0.3 is 0 Å². The molecule has 0 aromatic carbocycles. The molecule has 158 valence electrons. The van der Waals surface area contributed by atoms with Crippen LogP contribution in [0.25, 0.3) is 0 Å². The summed E-state index contributed by atoms with van der Waals surface area (Å²) in [5.74, 6) is 1.61. The van der Waals surface area contributed by atoms with Gasteiger partial charge in [0.15, 0.2) is 0 Å². The van der Waals surface area contributed by atoms with Gasteiger partial charge in [-0.1, -0.05) is 6.07 Å². The average molecular weight is 408 g/mol. The number of fused-ring (bicyclic) bond motifs is 4. The third-order valence-electron chi connectivity index (χ3n) is 6.82. The number of carbonyl (C=O) groups excluding carboxylic acids is 1. The lowest BCUT2D eigenvalue weighted by atomic mass is 9.82. The van der Waals surface area contributed by atoms with E-state index < -0.39 is 0 Å². The molecule has 0 radical (unpaired) electrons. The van der Waals surface area contributed by atoms with Crippen molar-refractivity contribution >= 4 is 11.9 Å². The molecule has 3 aliphatic rings. The van der Waals surface area contributed by atoms with Crippen LogP contribution in [0.4, 0.5) is 5.95 Å². The summed E-state index contributed by atoms with van der Waals surface area (Å²) >= 11 is 0. The van der Waals surface area contributed by atoms with Crippen LogP contribution in [0.15, 0.2) is 29.1 Å². The molecule has 0 aliphatic carbocycles. The number of aryl methyl sites for hydroxylation is 2. The summed E-state index contributed by atoms with van der Waals surface area (Å²) in [4.78, 5) is 39.1. The molecule has 0 spiro atoms. The number of pyridine rings is 1. The Labute approximate surface area is 176 Å². The van der Waals surface area contributed by atoms with Gasteiger partial charge in [0.05, 0.1) is 5.92 Å². The minimum Gasteiger partial charge on any atom is -0.341 e. The van der Waals surface area contributed by atoms with Crippen LogP contribution in [0, 0.1) is 25.7 Å². The number of hydrogen-bond donors (Lipinski definition) is 0. The Hall–Kier alpha value is -2.70. The molecule has 2 bridgehead atoms. The lowest BCUT2D eigenvalue weighted by molar-refractivity contribution is -0.138. The largest absolute Gasteiger partial charge is 0.341 e. The van der Waals surface area contributed by atoms with Crippen LogP contribution < -0.4 is 10.5 Å². The lowest BCUT2D eigenvalue weighted by Crippen LogP contribution is -2.52. The van der Waals surface area contributed by atoms with Gasteiger partial charge in [0.25, 0.3) is 5.56 Å². The predicted octanol–water partition coefficient (Wildman–Crippen LogP) is 2.12. The maximum absolute atomic E-state index is 13.5. The standard InChI is InChI=1S/C23H29N5O2/c1-15-9-16(2)25-23(24-15)26-8-4-5-18(13-26)22(30)27-11-17-10-19(14-27)20-6-3-7-21(29)28(20)12-17/h3,6-7,9,17-19H,4-5,8,10-14H2,1-2H3/t17-,18+,19+/m0/s1. The Bertz CT molecular complexity index is 1010. The highest BCUT2D eigenvalue weighted by molar-refractivity contribution is 5.80. The van der Waals surface area contributed by atoms with E-state index in [1.165, 1.54) is 0 Å².